The van der Waals surface area contributed by atoms with E-state index in [4.69, 9.17) is 20.3 Å². The van der Waals surface area contributed by atoms with Gasteiger partial charge in [0.15, 0.2) is 0 Å². The van der Waals surface area contributed by atoms with Crippen LogP contribution in [0.2, 0.25) is 0 Å². The average molecular weight is 477 g/mol. The lowest BCUT2D eigenvalue weighted by Crippen LogP contribution is -2.03. The quantitative estimate of drug-likeness (QED) is 0.266. The highest BCUT2D eigenvalue weighted by Gasteiger charge is 2.32. The van der Waals surface area contributed by atoms with E-state index < -0.39 is 62.6 Å². The molecule has 0 aromatic heterocycles. The molecule has 2 aromatic rings. The van der Waals surface area contributed by atoms with Crippen LogP contribution < -0.4 is 0 Å². The molecule has 0 radical (unpaired) electrons. The summed E-state index contributed by atoms with van der Waals surface area (Å²) < 4.78 is 21.9. The van der Waals surface area contributed by atoms with Gasteiger partial charge in [0.25, 0.3) is 0 Å². The Morgan fingerprint density at radius 3 is 1.35 bits per heavy atom. The molecule has 2 aromatic carbocycles. The van der Waals surface area contributed by atoms with Gasteiger partial charge in [-0.25, -0.2) is 4.57 Å². The number of halogens is 1. The van der Waals surface area contributed by atoms with Crippen molar-refractivity contribution in [2.24, 2.45) is 0 Å². The molecule has 0 atom stereocenters. The lowest BCUT2D eigenvalue weighted by atomic mass is 10.1. The second kappa shape index (κ2) is 9.53. The highest BCUT2D eigenvalue weighted by atomic mass is 35.7. The molecular weight excluding hydrogens is 467 g/mol. The van der Waals surface area contributed by atoms with Crippen LogP contribution in [0.15, 0.2) is 36.4 Å². The third-order valence-corrected chi connectivity index (χ3v) is 5.16. The first-order chi connectivity index (χ1) is 14.4. The van der Waals surface area contributed by atoms with Crippen molar-refractivity contribution < 1.29 is 33.3 Å². The first-order valence-electron chi connectivity index (χ1n) is 7.84. The standard InChI is InChI=1S/C14H10ClN4O11P/c15-31(28,29-7-9-3-1-5-11(16(20)21)13(9)18(24)25)30-8-10-4-2-6-12(17(22)23)14(10)19(26)27/h1-6H,7-8H2. The van der Waals surface area contributed by atoms with Crippen molar-refractivity contribution >= 4 is 40.9 Å². The van der Waals surface area contributed by atoms with Gasteiger partial charge in [0.1, 0.15) is 0 Å². The van der Waals surface area contributed by atoms with E-state index in [1.807, 2.05) is 0 Å². The number of rotatable bonds is 10. The molecule has 0 aliphatic heterocycles. The maximum absolute atomic E-state index is 12.3. The largest absolute Gasteiger partial charge is 0.424 e. The van der Waals surface area contributed by atoms with E-state index in [2.05, 4.69) is 0 Å². The zero-order valence-corrected chi connectivity index (χ0v) is 16.6. The minimum absolute atomic E-state index is 0.329. The number of nitrogens with zero attached hydrogens (tertiary/aromatic N) is 4. The minimum atomic E-state index is -4.51. The van der Waals surface area contributed by atoms with Crippen LogP contribution in [0.4, 0.5) is 22.7 Å². The van der Waals surface area contributed by atoms with Crippen LogP contribution in [0.25, 0.3) is 0 Å². The minimum Gasteiger partial charge on any atom is -0.292 e. The number of para-hydroxylation sites is 2. The predicted molar refractivity (Wildman–Crippen MR) is 103 cm³/mol. The summed E-state index contributed by atoms with van der Waals surface area (Å²) >= 11 is 5.61. The zero-order chi connectivity index (χ0) is 23.3. The molecule has 164 valence electrons. The van der Waals surface area contributed by atoms with Gasteiger partial charge in [-0.3, -0.25) is 49.5 Å². The molecule has 2 rings (SSSR count). The number of nitro groups is 4. The summed E-state index contributed by atoms with van der Waals surface area (Å²) in [5.41, 5.74) is -4.13. The fourth-order valence-corrected chi connectivity index (χ4v) is 3.39. The Morgan fingerprint density at radius 2 is 1.06 bits per heavy atom. The molecule has 0 aliphatic carbocycles. The van der Waals surface area contributed by atoms with Crippen LogP contribution in [0.1, 0.15) is 11.1 Å². The Morgan fingerprint density at radius 1 is 0.710 bits per heavy atom. The highest BCUT2D eigenvalue weighted by molar-refractivity contribution is 7.81. The van der Waals surface area contributed by atoms with E-state index >= 15 is 0 Å². The number of hydrogen-bond acceptors (Lipinski definition) is 11. The van der Waals surface area contributed by atoms with Crippen LogP contribution in [0.5, 0.6) is 0 Å². The summed E-state index contributed by atoms with van der Waals surface area (Å²) in [6.07, 6.45) is 0. The maximum Gasteiger partial charge on any atom is 0.424 e. The average Bonchev–Trinajstić information content (AvgIpc) is 2.69. The topological polar surface area (TPSA) is 208 Å². The maximum atomic E-state index is 12.3. The molecule has 0 saturated carbocycles. The van der Waals surface area contributed by atoms with Gasteiger partial charge in [-0.1, -0.05) is 12.1 Å². The molecule has 31 heavy (non-hydrogen) atoms. The van der Waals surface area contributed by atoms with Crippen LogP contribution in [-0.4, -0.2) is 19.7 Å². The SMILES string of the molecule is O=[N+]([O-])c1cccc(COP(=O)(Cl)OCc2cccc([N+](=O)[O-])c2[N+](=O)[O-])c1[N+](=O)[O-]. The molecule has 0 heterocycles. The number of hydrogen-bond donors (Lipinski definition) is 0. The third-order valence-electron chi connectivity index (χ3n) is 3.70. The molecular formula is C14H10ClN4O11P. The van der Waals surface area contributed by atoms with E-state index in [9.17, 15) is 45.0 Å². The summed E-state index contributed by atoms with van der Waals surface area (Å²) in [6.45, 7) is -6.16. The van der Waals surface area contributed by atoms with E-state index in [-0.39, 0.29) is 11.1 Å². The van der Waals surface area contributed by atoms with Gasteiger partial charge >= 0.3 is 29.7 Å². The van der Waals surface area contributed by atoms with Gasteiger partial charge in [0.2, 0.25) is 0 Å². The van der Waals surface area contributed by atoms with Gasteiger partial charge in [-0.15, -0.1) is 0 Å². The van der Waals surface area contributed by atoms with Crippen LogP contribution in [0, 0.1) is 40.5 Å². The van der Waals surface area contributed by atoms with Crippen molar-refractivity contribution in [2.75, 3.05) is 0 Å². The van der Waals surface area contributed by atoms with Crippen LogP contribution in [0.3, 0.4) is 0 Å². The predicted octanol–water partition coefficient (Wildman–Crippen LogP) is 4.40. The van der Waals surface area contributed by atoms with E-state index in [0.717, 1.165) is 36.4 Å². The van der Waals surface area contributed by atoms with Gasteiger partial charge in [0.05, 0.1) is 44.0 Å². The summed E-state index contributed by atoms with van der Waals surface area (Å²) in [5, 5.41) is 44.2. The first kappa shape index (κ1) is 23.8. The van der Waals surface area contributed by atoms with Gasteiger partial charge in [0, 0.05) is 23.4 Å². The molecule has 0 amide bonds. The zero-order valence-electron chi connectivity index (χ0n) is 15.0. The third kappa shape index (κ3) is 5.76. The smallest absolute Gasteiger partial charge is 0.292 e. The summed E-state index contributed by atoms with van der Waals surface area (Å²) in [4.78, 5) is 40.2. The lowest BCUT2D eigenvalue weighted by molar-refractivity contribution is -0.423. The Labute approximate surface area is 176 Å². The fraction of sp³-hybridized carbons (Fsp3) is 0.143. The second-order valence-electron chi connectivity index (χ2n) is 5.58. The van der Waals surface area contributed by atoms with E-state index in [1.165, 1.54) is 0 Å². The van der Waals surface area contributed by atoms with Gasteiger partial charge < -0.3 is 0 Å². The monoisotopic (exact) mass is 476 g/mol. The summed E-state index contributed by atoms with van der Waals surface area (Å²) in [6, 6.07) is 6.26. The van der Waals surface area contributed by atoms with Crippen molar-refractivity contribution in [3.8, 4) is 0 Å². The molecule has 0 aliphatic rings. The Hall–Kier alpha value is -3.52. The Balaban J connectivity index is 2.21. The molecule has 15 nitrogen and oxygen atoms in total. The first-order valence-corrected chi connectivity index (χ1v) is 10.3. The van der Waals surface area contributed by atoms with Crippen molar-refractivity contribution in [2.45, 2.75) is 13.2 Å². The van der Waals surface area contributed by atoms with E-state index in [1.54, 1.807) is 0 Å². The van der Waals surface area contributed by atoms with Crippen molar-refractivity contribution in [1.29, 1.82) is 0 Å². The Bertz CT molecular complexity index is 1040. The summed E-state index contributed by atoms with van der Waals surface area (Å²) in [7, 11) is 0. The molecule has 0 N–H and O–H groups in total. The van der Waals surface area contributed by atoms with Gasteiger partial charge in [-0.05, 0) is 12.1 Å². The van der Waals surface area contributed by atoms with Crippen molar-refractivity contribution in [1.82, 2.24) is 0 Å². The van der Waals surface area contributed by atoms with Crippen molar-refractivity contribution in [3.63, 3.8) is 0 Å². The molecule has 0 bridgehead atoms. The number of nitro benzene ring substituents is 4. The van der Waals surface area contributed by atoms with Crippen molar-refractivity contribution in [3.05, 3.63) is 88.0 Å². The van der Waals surface area contributed by atoms with Crippen LogP contribution >= 0.6 is 18.2 Å². The molecule has 0 fully saturated rings. The van der Waals surface area contributed by atoms with Crippen LogP contribution in [-0.2, 0) is 26.8 Å². The molecule has 17 heteroatoms. The highest BCUT2D eigenvalue weighted by Crippen LogP contribution is 2.55. The molecule has 0 spiro atoms. The second-order valence-corrected chi connectivity index (χ2v) is 8.20. The van der Waals surface area contributed by atoms with E-state index in [0.29, 0.717) is 0 Å². The fourth-order valence-electron chi connectivity index (χ4n) is 2.44. The summed E-state index contributed by atoms with van der Waals surface area (Å²) in [5.74, 6) is 0. The number of benzene rings is 2. The normalized spacial score (nSPS) is 11.1. The lowest BCUT2D eigenvalue weighted by Gasteiger charge is -2.12. The molecule has 0 saturated heterocycles. The molecule has 0 unspecified atom stereocenters. The Kier molecular flexibility index (Phi) is 7.30. The van der Waals surface area contributed by atoms with Gasteiger partial charge in [-0.2, -0.15) is 0 Å².